The molecule has 1 aromatic rings. The summed E-state index contributed by atoms with van der Waals surface area (Å²) in [5.41, 5.74) is 0.571. The predicted octanol–water partition coefficient (Wildman–Crippen LogP) is 1.51. The molecule has 2 rings (SSSR count). The molecule has 1 aliphatic heterocycles. The van der Waals surface area contributed by atoms with Gasteiger partial charge in [-0.3, -0.25) is 9.69 Å². The van der Waals surface area contributed by atoms with Crippen molar-refractivity contribution in [2.24, 2.45) is 0 Å². The van der Waals surface area contributed by atoms with Crippen molar-refractivity contribution in [1.82, 2.24) is 4.90 Å². The zero-order valence-electron chi connectivity index (χ0n) is 11.3. The molecule has 0 radical (unpaired) electrons. The van der Waals surface area contributed by atoms with E-state index in [1.807, 2.05) is 4.90 Å². The molecule has 0 spiro atoms. The minimum absolute atomic E-state index is 0.0262. The van der Waals surface area contributed by atoms with Gasteiger partial charge in [-0.05, 0) is 6.07 Å². The number of carbonyl (C=O) groups is 1. The van der Waals surface area contributed by atoms with E-state index < -0.39 is 5.97 Å². The van der Waals surface area contributed by atoms with Gasteiger partial charge in [0.15, 0.2) is 0 Å². The van der Waals surface area contributed by atoms with Crippen LogP contribution >= 0.6 is 0 Å². The van der Waals surface area contributed by atoms with Crippen LogP contribution in [0.1, 0.15) is 12.0 Å². The monoisotopic (exact) mass is 283 g/mol. The zero-order valence-corrected chi connectivity index (χ0v) is 11.3. The van der Waals surface area contributed by atoms with Crippen LogP contribution in [0.3, 0.4) is 0 Å². The van der Waals surface area contributed by atoms with Crippen LogP contribution in [-0.2, 0) is 16.1 Å². The Hall–Kier alpha value is -1.66. The van der Waals surface area contributed by atoms with Crippen LogP contribution in [0.25, 0.3) is 0 Å². The number of ether oxygens (including phenoxy) is 2. The highest BCUT2D eigenvalue weighted by Crippen LogP contribution is 2.19. The van der Waals surface area contributed by atoms with Crippen molar-refractivity contribution >= 4 is 5.97 Å². The van der Waals surface area contributed by atoms with Crippen LogP contribution in [0.15, 0.2) is 18.2 Å². The topological polar surface area (TPSA) is 59.0 Å². The number of carboxylic acids is 1. The van der Waals surface area contributed by atoms with E-state index in [2.05, 4.69) is 0 Å². The highest BCUT2D eigenvalue weighted by atomic mass is 19.1. The maximum Gasteiger partial charge on any atom is 0.306 e. The molecule has 5 nitrogen and oxygen atoms in total. The number of hydrogen-bond acceptors (Lipinski definition) is 4. The van der Waals surface area contributed by atoms with Gasteiger partial charge in [0.1, 0.15) is 11.6 Å². The Balaban J connectivity index is 1.97. The molecule has 1 saturated heterocycles. The molecule has 1 unspecified atom stereocenters. The maximum absolute atomic E-state index is 13.9. The molecule has 1 heterocycles. The van der Waals surface area contributed by atoms with Gasteiger partial charge in [-0.2, -0.15) is 0 Å². The van der Waals surface area contributed by atoms with E-state index in [0.717, 1.165) is 0 Å². The minimum atomic E-state index is -0.882. The number of aliphatic carboxylic acids is 1. The lowest BCUT2D eigenvalue weighted by Gasteiger charge is -2.32. The first-order valence-electron chi connectivity index (χ1n) is 6.46. The number of hydrogen-bond donors (Lipinski definition) is 1. The summed E-state index contributed by atoms with van der Waals surface area (Å²) >= 11 is 0. The van der Waals surface area contributed by atoms with Crippen molar-refractivity contribution in [1.29, 1.82) is 0 Å². The summed E-state index contributed by atoms with van der Waals surface area (Å²) in [4.78, 5) is 12.7. The van der Waals surface area contributed by atoms with E-state index in [1.54, 1.807) is 12.1 Å². The zero-order chi connectivity index (χ0) is 14.5. The van der Waals surface area contributed by atoms with Crippen LogP contribution in [0.5, 0.6) is 5.75 Å². The van der Waals surface area contributed by atoms with Crippen molar-refractivity contribution in [2.45, 2.75) is 19.1 Å². The molecule has 6 heteroatoms. The van der Waals surface area contributed by atoms with E-state index >= 15 is 0 Å². The van der Waals surface area contributed by atoms with Crippen molar-refractivity contribution < 1.29 is 23.8 Å². The Bertz CT molecular complexity index is 480. The Morgan fingerprint density at radius 2 is 2.40 bits per heavy atom. The van der Waals surface area contributed by atoms with Gasteiger partial charge in [0, 0.05) is 31.3 Å². The standard InChI is InChI=1S/C14H18FNO4/c1-19-11-3-2-10(13(15)6-11)8-16-4-5-20-12(9-16)7-14(17)18/h2-3,6,12H,4-5,7-9H2,1H3,(H,17,18). The summed E-state index contributed by atoms with van der Waals surface area (Å²) < 4.78 is 24.2. The summed E-state index contributed by atoms with van der Waals surface area (Å²) in [5.74, 6) is -0.713. The van der Waals surface area contributed by atoms with Crippen molar-refractivity contribution in [2.75, 3.05) is 26.8 Å². The molecule has 0 saturated carbocycles. The maximum atomic E-state index is 13.9. The lowest BCUT2D eigenvalue weighted by molar-refractivity contribution is -0.142. The first-order valence-corrected chi connectivity index (χ1v) is 6.46. The summed E-state index contributed by atoms with van der Waals surface area (Å²) in [5, 5.41) is 8.77. The van der Waals surface area contributed by atoms with Crippen molar-refractivity contribution in [3.05, 3.63) is 29.6 Å². The minimum Gasteiger partial charge on any atom is -0.497 e. The van der Waals surface area contributed by atoms with Gasteiger partial charge < -0.3 is 14.6 Å². The highest BCUT2D eigenvalue weighted by molar-refractivity contribution is 5.67. The Labute approximate surface area is 116 Å². The largest absolute Gasteiger partial charge is 0.497 e. The molecule has 1 aromatic carbocycles. The molecule has 1 atom stereocenters. The molecule has 1 N–H and O–H groups in total. The second-order valence-corrected chi connectivity index (χ2v) is 4.78. The molecule has 0 amide bonds. The van der Waals surface area contributed by atoms with E-state index in [9.17, 15) is 9.18 Å². The molecule has 0 bridgehead atoms. The Morgan fingerprint density at radius 3 is 3.05 bits per heavy atom. The van der Waals surface area contributed by atoms with Crippen LogP contribution in [-0.4, -0.2) is 48.9 Å². The van der Waals surface area contributed by atoms with Crippen molar-refractivity contribution in [3.8, 4) is 5.75 Å². The van der Waals surface area contributed by atoms with Crippen LogP contribution in [0.2, 0.25) is 0 Å². The van der Waals surface area contributed by atoms with E-state index in [1.165, 1.54) is 13.2 Å². The normalized spacial score (nSPS) is 19.8. The summed E-state index contributed by atoms with van der Waals surface area (Å²) in [6.07, 6.45) is -0.357. The first kappa shape index (κ1) is 14.7. The van der Waals surface area contributed by atoms with Gasteiger partial charge in [0.25, 0.3) is 0 Å². The first-order chi connectivity index (χ1) is 9.58. The predicted molar refractivity (Wildman–Crippen MR) is 70.2 cm³/mol. The number of carboxylic acid groups (broad SMARTS) is 1. The molecule has 1 fully saturated rings. The van der Waals surface area contributed by atoms with Crippen LogP contribution < -0.4 is 4.74 Å². The van der Waals surface area contributed by atoms with Gasteiger partial charge in [0.2, 0.25) is 0 Å². The van der Waals surface area contributed by atoms with Crippen LogP contribution in [0, 0.1) is 5.82 Å². The fraction of sp³-hybridized carbons (Fsp3) is 0.500. The average Bonchev–Trinajstić information content (AvgIpc) is 2.41. The summed E-state index contributed by atoms with van der Waals surface area (Å²) in [6, 6.07) is 4.76. The lowest BCUT2D eigenvalue weighted by Crippen LogP contribution is -2.42. The van der Waals surface area contributed by atoms with Crippen LogP contribution in [0.4, 0.5) is 4.39 Å². The number of nitrogens with zero attached hydrogens (tertiary/aromatic N) is 1. The fourth-order valence-electron chi connectivity index (χ4n) is 2.27. The summed E-state index contributed by atoms with van der Waals surface area (Å²) in [7, 11) is 1.49. The van der Waals surface area contributed by atoms with Gasteiger partial charge in [-0.1, -0.05) is 6.07 Å². The second-order valence-electron chi connectivity index (χ2n) is 4.78. The number of halogens is 1. The fourth-order valence-corrected chi connectivity index (χ4v) is 2.27. The second kappa shape index (κ2) is 6.67. The van der Waals surface area contributed by atoms with E-state index in [0.29, 0.717) is 37.6 Å². The number of benzene rings is 1. The highest BCUT2D eigenvalue weighted by Gasteiger charge is 2.23. The molecule has 1 aliphatic rings. The van der Waals surface area contributed by atoms with E-state index in [-0.39, 0.29) is 18.3 Å². The third kappa shape index (κ3) is 3.91. The number of rotatable bonds is 5. The van der Waals surface area contributed by atoms with Gasteiger partial charge >= 0.3 is 5.97 Å². The number of morpholine rings is 1. The quantitative estimate of drug-likeness (QED) is 0.887. The Morgan fingerprint density at radius 1 is 1.60 bits per heavy atom. The lowest BCUT2D eigenvalue weighted by atomic mass is 10.1. The average molecular weight is 283 g/mol. The summed E-state index contributed by atoms with van der Waals surface area (Å²) in [6.45, 7) is 2.07. The molecule has 110 valence electrons. The SMILES string of the molecule is COc1ccc(CN2CCOC(CC(=O)O)C2)c(F)c1. The Kier molecular flexibility index (Phi) is 4.92. The smallest absolute Gasteiger partial charge is 0.306 e. The van der Waals surface area contributed by atoms with Gasteiger partial charge in [-0.15, -0.1) is 0 Å². The van der Waals surface area contributed by atoms with Gasteiger partial charge in [0.05, 0.1) is 26.2 Å². The van der Waals surface area contributed by atoms with E-state index in [4.69, 9.17) is 14.6 Å². The van der Waals surface area contributed by atoms with Crippen molar-refractivity contribution in [3.63, 3.8) is 0 Å². The molecular formula is C14H18FNO4. The third-order valence-electron chi connectivity index (χ3n) is 3.28. The molecule has 0 aromatic heterocycles. The molecule has 20 heavy (non-hydrogen) atoms. The molecule has 0 aliphatic carbocycles. The number of methoxy groups -OCH3 is 1. The van der Waals surface area contributed by atoms with Gasteiger partial charge in [-0.25, -0.2) is 4.39 Å². The third-order valence-corrected chi connectivity index (χ3v) is 3.28. The molecular weight excluding hydrogens is 265 g/mol.